The average molecular weight is 467 g/mol. The fourth-order valence-electron chi connectivity index (χ4n) is 4.63. The lowest BCUT2D eigenvalue weighted by Crippen LogP contribution is -2.06. The summed E-state index contributed by atoms with van der Waals surface area (Å²) in [5.74, 6) is 0.889. The minimum Gasteiger partial charge on any atom is -0.506 e. The van der Waals surface area contributed by atoms with Gasteiger partial charge in [-0.2, -0.15) is 0 Å². The van der Waals surface area contributed by atoms with E-state index in [0.29, 0.717) is 40.2 Å². The number of Topliss-reactive ketones (excluding diaryl/α,β-unsaturated/α-hetero) is 1. The van der Waals surface area contributed by atoms with Gasteiger partial charge < -0.3 is 9.52 Å². The first-order valence-corrected chi connectivity index (χ1v) is 11.4. The predicted molar refractivity (Wildman–Crippen MR) is 127 cm³/mol. The van der Waals surface area contributed by atoms with Crippen molar-refractivity contribution < 1.29 is 14.3 Å². The minimum atomic E-state index is -0.348. The van der Waals surface area contributed by atoms with E-state index in [1.54, 1.807) is 12.1 Å². The van der Waals surface area contributed by atoms with Gasteiger partial charge in [-0.05, 0) is 23.6 Å². The Hall–Kier alpha value is -2.82. The summed E-state index contributed by atoms with van der Waals surface area (Å²) in [5, 5.41) is 11.0. The highest BCUT2D eigenvalue weighted by Crippen LogP contribution is 2.43. The van der Waals surface area contributed by atoms with Crippen LogP contribution < -0.4 is 5.43 Å². The second-order valence-electron chi connectivity index (χ2n) is 8.41. The zero-order valence-electron chi connectivity index (χ0n) is 17.2. The van der Waals surface area contributed by atoms with Crippen LogP contribution in [0.25, 0.3) is 33.4 Å². The monoisotopic (exact) mass is 466 g/mol. The van der Waals surface area contributed by atoms with E-state index >= 15 is 0 Å². The third-order valence-corrected chi connectivity index (χ3v) is 6.88. The van der Waals surface area contributed by atoms with E-state index in [2.05, 4.69) is 0 Å². The Balaban J connectivity index is 1.65. The molecule has 5 rings (SSSR count). The van der Waals surface area contributed by atoms with Gasteiger partial charge in [-0.25, -0.2) is 0 Å². The molecule has 1 heterocycles. The standard InChI is InChI=1S/C26H20Cl2O4/c27-19-10-17-24(12-22(19)30)32-25-13-23(31)20(28)11-18(25)26(17)16-7-5-15(6-8-16)21(29)9-14-3-1-2-4-14/h5-8,10-14,30H,1-4,9H2. The molecule has 3 aliphatic rings. The van der Waals surface area contributed by atoms with Crippen molar-refractivity contribution in [1.29, 1.82) is 0 Å². The molecule has 2 aromatic rings. The van der Waals surface area contributed by atoms with Crippen LogP contribution in [-0.4, -0.2) is 10.9 Å². The Bertz CT molecular complexity index is 1370. The van der Waals surface area contributed by atoms with Gasteiger partial charge in [-0.3, -0.25) is 9.59 Å². The molecule has 1 saturated carbocycles. The Morgan fingerprint density at radius 3 is 2.44 bits per heavy atom. The van der Waals surface area contributed by atoms with E-state index in [1.807, 2.05) is 24.3 Å². The van der Waals surface area contributed by atoms with Gasteiger partial charge in [-0.1, -0.05) is 73.2 Å². The summed E-state index contributed by atoms with van der Waals surface area (Å²) in [7, 11) is 0. The summed E-state index contributed by atoms with van der Waals surface area (Å²) in [5.41, 5.74) is 2.96. The fraction of sp³-hybridized carbons (Fsp3) is 0.231. The van der Waals surface area contributed by atoms with Crippen molar-refractivity contribution in [2.24, 2.45) is 5.92 Å². The van der Waals surface area contributed by atoms with Crippen molar-refractivity contribution in [1.82, 2.24) is 0 Å². The number of carbonyl (C=O) groups excluding carboxylic acids is 1. The summed E-state index contributed by atoms with van der Waals surface area (Å²) in [6, 6.07) is 13.4. The number of benzene rings is 3. The topological polar surface area (TPSA) is 67.5 Å². The van der Waals surface area contributed by atoms with Crippen LogP contribution in [0.5, 0.6) is 5.75 Å². The molecular weight excluding hydrogens is 447 g/mol. The molecule has 2 aliphatic carbocycles. The van der Waals surface area contributed by atoms with E-state index in [9.17, 15) is 14.7 Å². The second-order valence-corrected chi connectivity index (χ2v) is 9.23. The van der Waals surface area contributed by atoms with Crippen LogP contribution in [0.3, 0.4) is 0 Å². The molecule has 2 aromatic carbocycles. The van der Waals surface area contributed by atoms with Gasteiger partial charge in [0.2, 0.25) is 5.43 Å². The van der Waals surface area contributed by atoms with Crippen LogP contribution in [0.1, 0.15) is 42.5 Å². The van der Waals surface area contributed by atoms with E-state index in [4.69, 9.17) is 27.6 Å². The van der Waals surface area contributed by atoms with Crippen LogP contribution in [0.15, 0.2) is 57.7 Å². The molecule has 32 heavy (non-hydrogen) atoms. The first-order valence-electron chi connectivity index (χ1n) is 10.6. The molecule has 0 atom stereocenters. The molecule has 162 valence electrons. The van der Waals surface area contributed by atoms with Crippen molar-refractivity contribution in [2.45, 2.75) is 32.1 Å². The number of halogens is 2. The maximum absolute atomic E-state index is 12.7. The van der Waals surface area contributed by atoms with Gasteiger partial charge in [-0.15, -0.1) is 0 Å². The number of fused-ring (bicyclic) bond motifs is 2. The van der Waals surface area contributed by atoms with Gasteiger partial charge in [0.25, 0.3) is 0 Å². The average Bonchev–Trinajstić information content (AvgIpc) is 3.28. The molecule has 0 unspecified atom stereocenters. The highest BCUT2D eigenvalue weighted by atomic mass is 35.5. The second kappa shape index (κ2) is 8.27. The Kier molecular flexibility index (Phi) is 5.44. The minimum absolute atomic E-state index is 0.0848. The summed E-state index contributed by atoms with van der Waals surface area (Å²) < 4.78 is 5.88. The lowest BCUT2D eigenvalue weighted by atomic mass is 9.91. The number of carbonyl (C=O) groups is 1. The van der Waals surface area contributed by atoms with Crippen molar-refractivity contribution in [3.63, 3.8) is 0 Å². The van der Waals surface area contributed by atoms with Crippen molar-refractivity contribution in [3.05, 3.63) is 74.4 Å². The number of hydrogen-bond donors (Lipinski definition) is 1. The number of aromatic hydroxyl groups is 1. The maximum Gasteiger partial charge on any atom is 0.200 e. The molecular formula is C26H20Cl2O4. The molecule has 1 fully saturated rings. The first-order chi connectivity index (χ1) is 15.4. The highest BCUT2D eigenvalue weighted by Gasteiger charge is 2.22. The van der Waals surface area contributed by atoms with Crippen LogP contribution in [-0.2, 0) is 0 Å². The molecule has 0 aromatic heterocycles. The summed E-state index contributed by atoms with van der Waals surface area (Å²) >= 11 is 12.3. The number of ketones is 1. The largest absolute Gasteiger partial charge is 0.506 e. The number of phenolic OH excluding ortho intramolecular Hbond substituents is 1. The maximum atomic E-state index is 12.7. The zero-order valence-corrected chi connectivity index (χ0v) is 18.7. The fourth-order valence-corrected chi connectivity index (χ4v) is 4.96. The van der Waals surface area contributed by atoms with E-state index in [1.165, 1.54) is 25.0 Å². The lowest BCUT2D eigenvalue weighted by Gasteiger charge is -2.16. The molecule has 6 heteroatoms. The summed E-state index contributed by atoms with van der Waals surface area (Å²) in [6.45, 7) is 0. The van der Waals surface area contributed by atoms with E-state index in [0.717, 1.165) is 24.0 Å². The highest BCUT2D eigenvalue weighted by molar-refractivity contribution is 6.33. The van der Waals surface area contributed by atoms with Crippen molar-refractivity contribution in [2.75, 3.05) is 0 Å². The van der Waals surface area contributed by atoms with Crippen LogP contribution in [0.2, 0.25) is 10.0 Å². The number of phenols is 1. The van der Waals surface area contributed by atoms with Crippen LogP contribution in [0.4, 0.5) is 0 Å². The summed E-state index contributed by atoms with van der Waals surface area (Å²) in [4.78, 5) is 24.8. The molecule has 4 nitrogen and oxygen atoms in total. The van der Waals surface area contributed by atoms with E-state index < -0.39 is 0 Å². The van der Waals surface area contributed by atoms with Crippen LogP contribution >= 0.6 is 23.2 Å². The number of rotatable bonds is 4. The lowest BCUT2D eigenvalue weighted by molar-refractivity contribution is 0.0962. The normalized spacial score (nSPS) is 14.4. The van der Waals surface area contributed by atoms with Crippen molar-refractivity contribution >= 4 is 40.0 Å². The Morgan fingerprint density at radius 2 is 1.72 bits per heavy atom. The van der Waals surface area contributed by atoms with Gasteiger partial charge >= 0.3 is 0 Å². The summed E-state index contributed by atoms with van der Waals surface area (Å²) in [6.07, 6.45) is 5.27. The molecule has 1 aliphatic heterocycles. The van der Waals surface area contributed by atoms with Gasteiger partial charge in [0.05, 0.1) is 10.0 Å². The number of hydrogen-bond acceptors (Lipinski definition) is 4. The zero-order chi connectivity index (χ0) is 22.4. The molecule has 0 amide bonds. The van der Waals surface area contributed by atoms with Gasteiger partial charge in [0.15, 0.2) is 5.78 Å². The van der Waals surface area contributed by atoms with E-state index in [-0.39, 0.29) is 27.0 Å². The Morgan fingerprint density at radius 1 is 1.00 bits per heavy atom. The van der Waals surface area contributed by atoms with Crippen LogP contribution in [0, 0.1) is 5.92 Å². The van der Waals surface area contributed by atoms with Gasteiger partial charge in [0, 0.05) is 40.6 Å². The molecule has 1 N–H and O–H groups in total. The van der Waals surface area contributed by atoms with Crippen molar-refractivity contribution in [3.8, 4) is 28.2 Å². The third kappa shape index (κ3) is 3.78. The molecule has 0 radical (unpaired) electrons. The van der Waals surface area contributed by atoms with Gasteiger partial charge in [0.1, 0.15) is 17.1 Å². The molecule has 0 saturated heterocycles. The third-order valence-electron chi connectivity index (χ3n) is 6.29. The Labute approximate surface area is 194 Å². The SMILES string of the molecule is O=C(CC1CCCC1)c1ccc(-c2c3cc(Cl)c(=O)cc-3oc3cc(O)c(Cl)cc23)cc1. The molecule has 0 spiro atoms. The first kappa shape index (κ1) is 21.0. The predicted octanol–water partition coefficient (Wildman–Crippen LogP) is 7.34. The quantitative estimate of drug-likeness (QED) is 0.252. The molecule has 0 bridgehead atoms. The smallest absolute Gasteiger partial charge is 0.200 e.